The lowest BCUT2D eigenvalue weighted by atomic mass is 10.1. The molecule has 19 heavy (non-hydrogen) atoms. The van der Waals surface area contributed by atoms with Crippen LogP contribution in [0.3, 0.4) is 0 Å². The van der Waals surface area contributed by atoms with Crippen LogP contribution in [0, 0.1) is 6.92 Å². The van der Waals surface area contributed by atoms with Crippen LogP contribution in [0.25, 0.3) is 0 Å². The number of rotatable bonds is 9. The number of aliphatic carboxylic acids is 1. The van der Waals surface area contributed by atoms with E-state index in [1.165, 1.54) is 24.0 Å². The Balaban J connectivity index is 2.51. The van der Waals surface area contributed by atoms with Gasteiger partial charge in [0.2, 0.25) is 0 Å². The SMILES string of the molecule is CCCCCN(CCC(=O)O)Cc1ccc(C)cc1. The molecule has 1 rings (SSSR count). The molecule has 0 saturated heterocycles. The van der Waals surface area contributed by atoms with Crippen LogP contribution in [0.2, 0.25) is 0 Å². The van der Waals surface area contributed by atoms with Crippen molar-refractivity contribution in [2.45, 2.75) is 46.1 Å². The maximum atomic E-state index is 10.7. The molecule has 0 saturated carbocycles. The highest BCUT2D eigenvalue weighted by atomic mass is 16.4. The first kappa shape index (κ1) is 15.7. The van der Waals surface area contributed by atoms with Crippen LogP contribution >= 0.6 is 0 Å². The first-order chi connectivity index (χ1) is 9.11. The summed E-state index contributed by atoms with van der Waals surface area (Å²) in [6, 6.07) is 8.47. The molecule has 1 N–H and O–H groups in total. The molecule has 3 heteroatoms. The number of aryl methyl sites for hydroxylation is 1. The fourth-order valence-electron chi connectivity index (χ4n) is 2.06. The molecular formula is C16H25NO2. The smallest absolute Gasteiger partial charge is 0.304 e. The number of carbonyl (C=O) groups is 1. The summed E-state index contributed by atoms with van der Waals surface area (Å²) in [6.45, 7) is 6.72. The highest BCUT2D eigenvalue weighted by molar-refractivity contribution is 5.66. The second-order valence-electron chi connectivity index (χ2n) is 5.11. The van der Waals surface area contributed by atoms with Gasteiger partial charge < -0.3 is 5.11 Å². The molecule has 1 aromatic carbocycles. The molecule has 3 nitrogen and oxygen atoms in total. The van der Waals surface area contributed by atoms with Gasteiger partial charge in [-0.1, -0.05) is 49.6 Å². The van der Waals surface area contributed by atoms with Gasteiger partial charge in [-0.15, -0.1) is 0 Å². The molecule has 0 aliphatic carbocycles. The Labute approximate surface area is 116 Å². The van der Waals surface area contributed by atoms with Crippen molar-refractivity contribution in [2.24, 2.45) is 0 Å². The minimum atomic E-state index is -0.718. The lowest BCUT2D eigenvalue weighted by Gasteiger charge is -2.21. The van der Waals surface area contributed by atoms with Crippen molar-refractivity contribution in [3.05, 3.63) is 35.4 Å². The average Bonchev–Trinajstić information content (AvgIpc) is 2.38. The Morgan fingerprint density at radius 2 is 1.84 bits per heavy atom. The maximum Gasteiger partial charge on any atom is 0.304 e. The van der Waals surface area contributed by atoms with Crippen molar-refractivity contribution in [1.29, 1.82) is 0 Å². The Hall–Kier alpha value is -1.35. The summed E-state index contributed by atoms with van der Waals surface area (Å²) in [5, 5.41) is 8.81. The van der Waals surface area contributed by atoms with E-state index in [1.54, 1.807) is 0 Å². The lowest BCUT2D eigenvalue weighted by molar-refractivity contribution is -0.137. The second kappa shape index (κ2) is 8.70. The first-order valence-corrected chi connectivity index (χ1v) is 7.11. The van der Waals surface area contributed by atoms with E-state index in [9.17, 15) is 4.79 Å². The van der Waals surface area contributed by atoms with Gasteiger partial charge in [-0.2, -0.15) is 0 Å². The fourth-order valence-corrected chi connectivity index (χ4v) is 2.06. The summed E-state index contributed by atoms with van der Waals surface area (Å²) in [5.41, 5.74) is 2.51. The number of nitrogens with zero attached hydrogens (tertiary/aromatic N) is 1. The predicted molar refractivity (Wildman–Crippen MR) is 78.2 cm³/mol. The van der Waals surface area contributed by atoms with Crippen LogP contribution < -0.4 is 0 Å². The Morgan fingerprint density at radius 1 is 1.16 bits per heavy atom. The molecule has 0 heterocycles. The van der Waals surface area contributed by atoms with Crippen LogP contribution in [0.15, 0.2) is 24.3 Å². The number of hydrogen-bond acceptors (Lipinski definition) is 2. The minimum Gasteiger partial charge on any atom is -0.481 e. The molecule has 0 aliphatic rings. The molecule has 0 bridgehead atoms. The summed E-state index contributed by atoms with van der Waals surface area (Å²) in [5.74, 6) is -0.718. The quantitative estimate of drug-likeness (QED) is 0.694. The monoisotopic (exact) mass is 263 g/mol. The van der Waals surface area contributed by atoms with E-state index in [4.69, 9.17) is 5.11 Å². The van der Waals surface area contributed by atoms with Gasteiger partial charge in [0.15, 0.2) is 0 Å². The molecule has 106 valence electrons. The third-order valence-corrected chi connectivity index (χ3v) is 3.25. The van der Waals surface area contributed by atoms with E-state index >= 15 is 0 Å². The summed E-state index contributed by atoms with van der Waals surface area (Å²) < 4.78 is 0. The number of carboxylic acids is 1. The Morgan fingerprint density at radius 3 is 2.42 bits per heavy atom. The topological polar surface area (TPSA) is 40.5 Å². The number of benzene rings is 1. The Kier molecular flexibility index (Phi) is 7.19. The van der Waals surface area contributed by atoms with E-state index in [-0.39, 0.29) is 6.42 Å². The van der Waals surface area contributed by atoms with E-state index in [0.717, 1.165) is 19.5 Å². The summed E-state index contributed by atoms with van der Waals surface area (Å²) in [4.78, 5) is 12.9. The van der Waals surface area contributed by atoms with E-state index < -0.39 is 5.97 Å². The van der Waals surface area contributed by atoms with Crippen molar-refractivity contribution in [3.63, 3.8) is 0 Å². The molecular weight excluding hydrogens is 238 g/mol. The van der Waals surface area contributed by atoms with Crippen molar-refractivity contribution < 1.29 is 9.90 Å². The number of hydrogen-bond donors (Lipinski definition) is 1. The van der Waals surface area contributed by atoms with Crippen molar-refractivity contribution in [1.82, 2.24) is 4.90 Å². The zero-order valence-corrected chi connectivity index (χ0v) is 12.1. The van der Waals surface area contributed by atoms with Crippen molar-refractivity contribution in [2.75, 3.05) is 13.1 Å². The van der Waals surface area contributed by atoms with Crippen molar-refractivity contribution >= 4 is 5.97 Å². The van der Waals surface area contributed by atoms with Gasteiger partial charge in [0.05, 0.1) is 6.42 Å². The van der Waals surface area contributed by atoms with Crippen LogP contribution in [0.4, 0.5) is 0 Å². The van der Waals surface area contributed by atoms with Crippen LogP contribution in [-0.2, 0) is 11.3 Å². The van der Waals surface area contributed by atoms with Gasteiger partial charge in [-0.25, -0.2) is 0 Å². The van der Waals surface area contributed by atoms with Crippen LogP contribution in [0.5, 0.6) is 0 Å². The van der Waals surface area contributed by atoms with Gasteiger partial charge in [0.25, 0.3) is 0 Å². The number of unbranched alkanes of at least 4 members (excludes halogenated alkanes) is 2. The van der Waals surface area contributed by atoms with Gasteiger partial charge >= 0.3 is 5.97 Å². The normalized spacial score (nSPS) is 10.9. The molecule has 0 fully saturated rings. The van der Waals surface area contributed by atoms with Crippen LogP contribution in [0.1, 0.15) is 43.7 Å². The van der Waals surface area contributed by atoms with Gasteiger partial charge in [0.1, 0.15) is 0 Å². The van der Waals surface area contributed by atoms with E-state index in [0.29, 0.717) is 6.54 Å². The van der Waals surface area contributed by atoms with Crippen LogP contribution in [-0.4, -0.2) is 29.1 Å². The highest BCUT2D eigenvalue weighted by Crippen LogP contribution is 2.09. The predicted octanol–water partition coefficient (Wildman–Crippen LogP) is 3.46. The molecule has 1 aromatic rings. The zero-order valence-electron chi connectivity index (χ0n) is 12.1. The molecule has 0 amide bonds. The third-order valence-electron chi connectivity index (χ3n) is 3.25. The molecule has 0 atom stereocenters. The van der Waals surface area contributed by atoms with Gasteiger partial charge in [-0.05, 0) is 25.5 Å². The van der Waals surface area contributed by atoms with Crippen molar-refractivity contribution in [3.8, 4) is 0 Å². The lowest BCUT2D eigenvalue weighted by Crippen LogP contribution is -2.27. The fraction of sp³-hybridized carbons (Fsp3) is 0.562. The second-order valence-corrected chi connectivity index (χ2v) is 5.11. The highest BCUT2D eigenvalue weighted by Gasteiger charge is 2.08. The largest absolute Gasteiger partial charge is 0.481 e. The van der Waals surface area contributed by atoms with E-state index in [1.807, 2.05) is 0 Å². The van der Waals surface area contributed by atoms with Gasteiger partial charge in [0, 0.05) is 13.1 Å². The zero-order chi connectivity index (χ0) is 14.1. The molecule has 0 radical (unpaired) electrons. The summed E-state index contributed by atoms with van der Waals surface area (Å²) in [6.07, 6.45) is 3.76. The molecule has 0 aliphatic heterocycles. The summed E-state index contributed by atoms with van der Waals surface area (Å²) >= 11 is 0. The Bertz CT molecular complexity index is 373. The minimum absolute atomic E-state index is 0.220. The first-order valence-electron chi connectivity index (χ1n) is 7.11. The third kappa shape index (κ3) is 6.97. The molecule has 0 spiro atoms. The number of carboxylic acid groups (broad SMARTS) is 1. The molecule has 0 aromatic heterocycles. The van der Waals surface area contributed by atoms with Gasteiger partial charge in [-0.3, -0.25) is 9.69 Å². The molecule has 0 unspecified atom stereocenters. The van der Waals surface area contributed by atoms with E-state index in [2.05, 4.69) is 43.0 Å². The summed E-state index contributed by atoms with van der Waals surface area (Å²) in [7, 11) is 0. The maximum absolute atomic E-state index is 10.7. The standard InChI is InChI=1S/C16H25NO2/c1-3-4-5-11-17(12-10-16(18)19)13-15-8-6-14(2)7-9-15/h6-9H,3-5,10-13H2,1-2H3,(H,18,19). The average molecular weight is 263 g/mol.